The molecule has 44 heavy (non-hydrogen) atoms. The summed E-state index contributed by atoms with van der Waals surface area (Å²) < 4.78 is 23.3. The van der Waals surface area contributed by atoms with Crippen molar-refractivity contribution in [2.24, 2.45) is 0 Å². The Morgan fingerprint density at radius 2 is 1.86 bits per heavy atom. The molecule has 4 aromatic rings. The summed E-state index contributed by atoms with van der Waals surface area (Å²) in [5.41, 5.74) is 1.35. The summed E-state index contributed by atoms with van der Waals surface area (Å²) in [6, 6.07) is 7.46. The first-order chi connectivity index (χ1) is 20.7. The second-order valence-corrected chi connectivity index (χ2v) is 14.5. The molecule has 4 heterocycles. The van der Waals surface area contributed by atoms with Crippen molar-refractivity contribution < 1.29 is 13.9 Å². The average molecular weight is 735 g/mol. The van der Waals surface area contributed by atoms with Crippen LogP contribution >= 0.6 is 34.2 Å². The number of aromatic nitrogens is 4. The fourth-order valence-corrected chi connectivity index (χ4v) is 6.95. The van der Waals surface area contributed by atoms with E-state index in [0.717, 1.165) is 27.7 Å². The third-order valence-electron chi connectivity index (χ3n) is 8.43. The summed E-state index contributed by atoms with van der Waals surface area (Å²) in [4.78, 5) is 31.0. The highest BCUT2D eigenvalue weighted by atomic mass is 127. The number of fused-ring (bicyclic) bond motifs is 2. The molecule has 10 nitrogen and oxygen atoms in total. The molecule has 0 saturated carbocycles. The number of H-pyrrole nitrogens is 1. The third kappa shape index (κ3) is 5.53. The van der Waals surface area contributed by atoms with Crippen LogP contribution in [-0.4, -0.2) is 100 Å². The number of nitrogens with zero attached hydrogens (tertiary/aromatic N) is 7. The maximum atomic E-state index is 16.9. The summed E-state index contributed by atoms with van der Waals surface area (Å²) in [7, 11) is 4.10. The zero-order chi connectivity index (χ0) is 31.7. The minimum absolute atomic E-state index is 0.127. The molecule has 2 aromatic carbocycles. The normalized spacial score (nSPS) is 19.8. The number of aromatic amines is 1. The van der Waals surface area contributed by atoms with E-state index in [-0.39, 0.29) is 34.3 Å². The number of hydrogen-bond donors (Lipinski definition) is 1. The lowest BCUT2D eigenvalue weighted by Crippen LogP contribution is -2.59. The summed E-state index contributed by atoms with van der Waals surface area (Å²) in [6.45, 7) is 12.0. The van der Waals surface area contributed by atoms with Gasteiger partial charge in [-0.05, 0) is 89.0 Å². The molecule has 0 radical (unpaired) electrons. The largest absolute Gasteiger partial charge is 0.444 e. The highest BCUT2D eigenvalue weighted by molar-refractivity contribution is 14.1. The Kier molecular flexibility index (Phi) is 8.06. The number of ether oxygens (including phenoxy) is 1. The predicted octanol–water partition coefficient (Wildman–Crippen LogP) is 6.15. The molecule has 2 aliphatic heterocycles. The molecular weight excluding hydrogens is 698 g/mol. The van der Waals surface area contributed by atoms with Gasteiger partial charge < -0.3 is 24.3 Å². The number of anilines is 2. The number of halogens is 3. The van der Waals surface area contributed by atoms with E-state index in [1.807, 2.05) is 66.9 Å². The van der Waals surface area contributed by atoms with Crippen molar-refractivity contribution >= 4 is 73.9 Å². The van der Waals surface area contributed by atoms with Gasteiger partial charge in [0.1, 0.15) is 20.6 Å². The summed E-state index contributed by atoms with van der Waals surface area (Å²) in [5, 5.41) is 8.94. The molecule has 1 N–H and O–H groups in total. The van der Waals surface area contributed by atoms with Gasteiger partial charge in [-0.25, -0.2) is 14.2 Å². The molecule has 0 unspecified atom stereocenters. The maximum absolute atomic E-state index is 16.9. The first kappa shape index (κ1) is 31.0. The highest BCUT2D eigenvalue weighted by Crippen LogP contribution is 2.42. The molecule has 1 amide bonds. The van der Waals surface area contributed by atoms with Gasteiger partial charge in [0.15, 0.2) is 5.82 Å². The molecule has 6 rings (SSSR count). The molecule has 0 bridgehead atoms. The van der Waals surface area contributed by atoms with Crippen molar-refractivity contribution in [1.82, 2.24) is 30.0 Å². The van der Waals surface area contributed by atoms with Gasteiger partial charge in [0, 0.05) is 60.6 Å². The Labute approximate surface area is 275 Å². The molecule has 2 aliphatic rings. The molecule has 2 aromatic heterocycles. The van der Waals surface area contributed by atoms with E-state index in [1.165, 1.54) is 0 Å². The number of amides is 1. The Morgan fingerprint density at radius 3 is 2.55 bits per heavy atom. The minimum atomic E-state index is -0.596. The molecule has 2 atom stereocenters. The van der Waals surface area contributed by atoms with E-state index < -0.39 is 11.4 Å². The van der Waals surface area contributed by atoms with Crippen LogP contribution in [0, 0.1) is 9.52 Å². The van der Waals surface area contributed by atoms with Crippen molar-refractivity contribution in [2.45, 2.75) is 58.3 Å². The molecule has 0 spiro atoms. The van der Waals surface area contributed by atoms with Crippen LogP contribution in [0.2, 0.25) is 5.02 Å². The number of carbonyl (C=O) groups excluding carboxylic acids is 1. The lowest BCUT2D eigenvalue weighted by molar-refractivity contribution is 0.0130. The van der Waals surface area contributed by atoms with Crippen LogP contribution in [0.15, 0.2) is 24.3 Å². The Bertz CT molecular complexity index is 1750. The minimum Gasteiger partial charge on any atom is -0.444 e. The molecule has 0 aliphatic carbocycles. The zero-order valence-electron chi connectivity index (χ0n) is 26.0. The monoisotopic (exact) mass is 734 g/mol. The number of nitrogens with one attached hydrogen (secondary N) is 1. The van der Waals surface area contributed by atoms with Gasteiger partial charge >= 0.3 is 6.09 Å². The molecule has 234 valence electrons. The van der Waals surface area contributed by atoms with Crippen molar-refractivity contribution in [3.63, 3.8) is 0 Å². The fourth-order valence-electron chi connectivity index (χ4n) is 5.96. The SMILES string of the molecule is C[C@@H]1CN(c2nc(N3CC(N(C)C)C3)nc3c(F)c(-c4cccc5[nH]nc(I)c45)c(Cl)cc23)[C@@H](C)CN1C(=O)OC(C)(C)C. The van der Waals surface area contributed by atoms with Gasteiger partial charge in [0.05, 0.1) is 10.5 Å². The van der Waals surface area contributed by atoms with E-state index in [0.29, 0.717) is 41.8 Å². The smallest absolute Gasteiger partial charge is 0.410 e. The van der Waals surface area contributed by atoms with Gasteiger partial charge in [0.2, 0.25) is 5.95 Å². The van der Waals surface area contributed by atoms with Crippen molar-refractivity contribution in [1.29, 1.82) is 0 Å². The van der Waals surface area contributed by atoms with Crippen LogP contribution in [0.3, 0.4) is 0 Å². The second kappa shape index (κ2) is 11.4. The van der Waals surface area contributed by atoms with Crippen LogP contribution in [0.4, 0.5) is 21.0 Å². The van der Waals surface area contributed by atoms with Crippen molar-refractivity contribution in [3.05, 3.63) is 38.8 Å². The molecular formula is C31H37ClFIN8O2. The number of hydrogen-bond acceptors (Lipinski definition) is 8. The van der Waals surface area contributed by atoms with E-state index in [2.05, 4.69) is 47.5 Å². The van der Waals surface area contributed by atoms with E-state index in [1.54, 1.807) is 11.0 Å². The lowest BCUT2D eigenvalue weighted by atomic mass is 9.99. The average Bonchev–Trinajstić information content (AvgIpc) is 3.29. The Hall–Kier alpha value is -2.97. The summed E-state index contributed by atoms with van der Waals surface area (Å²) in [5.74, 6) is 0.577. The van der Waals surface area contributed by atoms with Gasteiger partial charge in [-0.3, -0.25) is 5.10 Å². The van der Waals surface area contributed by atoms with Gasteiger partial charge in [0.25, 0.3) is 0 Å². The quantitative estimate of drug-likeness (QED) is 0.250. The van der Waals surface area contributed by atoms with Gasteiger partial charge in [-0.15, -0.1) is 0 Å². The third-order valence-corrected chi connectivity index (χ3v) is 9.51. The molecule has 2 saturated heterocycles. The Balaban J connectivity index is 1.47. The highest BCUT2D eigenvalue weighted by Gasteiger charge is 2.38. The van der Waals surface area contributed by atoms with E-state index in [4.69, 9.17) is 26.3 Å². The standard InChI is InChI=1S/C31H37ClFIN8O2/c1-16-13-42(30(43)44-31(3,4)5)17(2)12-41(16)28-20-11-21(32)23(19-9-8-10-22-24(19)27(34)38-37-22)25(33)26(20)35-29(36-28)40-14-18(15-40)39(6)7/h8-11,16-18H,12-15H2,1-7H3,(H,37,38)/t16-,17+/m0/s1. The van der Waals surface area contributed by atoms with Crippen LogP contribution in [0.1, 0.15) is 34.6 Å². The topological polar surface area (TPSA) is 93.7 Å². The maximum Gasteiger partial charge on any atom is 0.410 e. The molecule has 13 heteroatoms. The van der Waals surface area contributed by atoms with Crippen molar-refractivity contribution in [2.75, 3.05) is 50.1 Å². The molecule has 2 fully saturated rings. The van der Waals surface area contributed by atoms with E-state index >= 15 is 4.39 Å². The number of likely N-dealkylation sites (N-methyl/N-ethyl adjacent to an activating group) is 1. The first-order valence-corrected chi connectivity index (χ1v) is 16.2. The fraction of sp³-hybridized carbons (Fsp3) is 0.484. The summed E-state index contributed by atoms with van der Waals surface area (Å²) >= 11 is 9.07. The van der Waals surface area contributed by atoms with Crippen LogP contribution in [-0.2, 0) is 4.74 Å². The Morgan fingerprint density at radius 1 is 1.14 bits per heavy atom. The summed E-state index contributed by atoms with van der Waals surface area (Å²) in [6.07, 6.45) is -0.346. The zero-order valence-corrected chi connectivity index (χ0v) is 28.9. The van der Waals surface area contributed by atoms with Crippen LogP contribution < -0.4 is 9.80 Å². The van der Waals surface area contributed by atoms with E-state index in [9.17, 15) is 4.79 Å². The van der Waals surface area contributed by atoms with Crippen LogP contribution in [0.25, 0.3) is 32.9 Å². The number of carbonyl (C=O) groups is 1. The van der Waals surface area contributed by atoms with Gasteiger partial charge in [-0.1, -0.05) is 23.7 Å². The second-order valence-electron chi connectivity index (χ2n) is 13.0. The number of piperazine rings is 1. The number of rotatable bonds is 4. The number of benzene rings is 2. The van der Waals surface area contributed by atoms with Crippen molar-refractivity contribution in [3.8, 4) is 11.1 Å². The van der Waals surface area contributed by atoms with Gasteiger partial charge in [-0.2, -0.15) is 10.1 Å². The first-order valence-electron chi connectivity index (χ1n) is 14.7. The van der Waals surface area contributed by atoms with Crippen LogP contribution in [0.5, 0.6) is 0 Å². The predicted molar refractivity (Wildman–Crippen MR) is 181 cm³/mol. The lowest BCUT2D eigenvalue weighted by Gasteiger charge is -2.46.